The molecule has 0 heterocycles. The molecule has 1 aliphatic rings. The Morgan fingerprint density at radius 2 is 2.00 bits per heavy atom. The van der Waals surface area contributed by atoms with Gasteiger partial charge in [0.15, 0.2) is 0 Å². The predicted octanol–water partition coefficient (Wildman–Crippen LogP) is 2.97. The topological polar surface area (TPSA) is 46.3 Å². The maximum absolute atomic E-state index is 12.6. The first kappa shape index (κ1) is 15.0. The van der Waals surface area contributed by atoms with Crippen molar-refractivity contribution in [3.8, 4) is 0 Å². The van der Waals surface area contributed by atoms with E-state index in [4.69, 9.17) is 5.73 Å². The Kier molecular flexibility index (Phi) is 5.18. The highest BCUT2D eigenvalue weighted by Gasteiger charge is 2.28. The molecule has 2 rings (SSSR count). The largest absolute Gasteiger partial charge is 0.342 e. The third-order valence-electron chi connectivity index (χ3n) is 4.51. The molecule has 1 aromatic carbocycles. The van der Waals surface area contributed by atoms with E-state index in [0.29, 0.717) is 5.92 Å². The highest BCUT2D eigenvalue weighted by molar-refractivity contribution is 5.79. The Bertz CT molecular complexity index is 428. The third kappa shape index (κ3) is 3.40. The first-order valence-corrected chi connectivity index (χ1v) is 7.72. The molecule has 1 saturated carbocycles. The maximum atomic E-state index is 12.6. The summed E-state index contributed by atoms with van der Waals surface area (Å²) in [5.41, 5.74) is 7.30. The fourth-order valence-electron chi connectivity index (χ4n) is 2.77. The molecule has 0 spiro atoms. The maximum Gasteiger partial charge on any atom is 0.227 e. The smallest absolute Gasteiger partial charge is 0.227 e. The average Bonchev–Trinajstić information content (AvgIpc) is 2.45. The SMILES string of the molecule is CCN(CC1CCC1)C(=O)C(C)C(N)c1ccccc1. The van der Waals surface area contributed by atoms with Gasteiger partial charge in [-0.15, -0.1) is 0 Å². The highest BCUT2D eigenvalue weighted by atomic mass is 16.2. The standard InChI is InChI=1S/C17H26N2O/c1-3-19(12-14-8-7-9-14)17(20)13(2)16(18)15-10-5-4-6-11-15/h4-6,10-11,13-14,16H,3,7-9,12,18H2,1-2H3. The van der Waals surface area contributed by atoms with Gasteiger partial charge >= 0.3 is 0 Å². The molecule has 0 aliphatic heterocycles. The molecule has 0 aromatic heterocycles. The summed E-state index contributed by atoms with van der Waals surface area (Å²) in [6.45, 7) is 5.68. The Balaban J connectivity index is 1.98. The lowest BCUT2D eigenvalue weighted by Crippen LogP contribution is -2.42. The van der Waals surface area contributed by atoms with Crippen molar-refractivity contribution in [1.82, 2.24) is 4.90 Å². The molecular weight excluding hydrogens is 248 g/mol. The second-order valence-electron chi connectivity index (χ2n) is 5.90. The summed E-state index contributed by atoms with van der Waals surface area (Å²) in [6.07, 6.45) is 3.85. The first-order chi connectivity index (χ1) is 9.63. The van der Waals surface area contributed by atoms with Gasteiger partial charge in [-0.2, -0.15) is 0 Å². The van der Waals surface area contributed by atoms with E-state index >= 15 is 0 Å². The molecule has 2 unspecified atom stereocenters. The van der Waals surface area contributed by atoms with E-state index in [-0.39, 0.29) is 17.9 Å². The molecule has 1 aromatic rings. The summed E-state index contributed by atoms with van der Waals surface area (Å²) < 4.78 is 0. The van der Waals surface area contributed by atoms with E-state index in [1.165, 1.54) is 19.3 Å². The zero-order chi connectivity index (χ0) is 14.5. The summed E-state index contributed by atoms with van der Waals surface area (Å²) in [5.74, 6) is 0.729. The van der Waals surface area contributed by atoms with Crippen molar-refractivity contribution >= 4 is 5.91 Å². The summed E-state index contributed by atoms with van der Waals surface area (Å²) in [5, 5.41) is 0. The minimum absolute atomic E-state index is 0.169. The van der Waals surface area contributed by atoms with Crippen LogP contribution in [0.15, 0.2) is 30.3 Å². The number of carbonyl (C=O) groups is 1. The molecule has 2 atom stereocenters. The van der Waals surface area contributed by atoms with Gasteiger partial charge in [0.25, 0.3) is 0 Å². The van der Waals surface area contributed by atoms with Gasteiger partial charge in [0.05, 0.1) is 5.92 Å². The summed E-state index contributed by atoms with van der Waals surface area (Å²) in [6, 6.07) is 9.68. The minimum atomic E-state index is -0.223. The molecule has 20 heavy (non-hydrogen) atoms. The molecule has 1 amide bonds. The Morgan fingerprint density at radius 1 is 1.35 bits per heavy atom. The van der Waals surface area contributed by atoms with E-state index in [1.54, 1.807) is 0 Å². The van der Waals surface area contributed by atoms with Crippen molar-refractivity contribution in [2.45, 2.75) is 39.2 Å². The molecule has 1 fully saturated rings. The van der Waals surface area contributed by atoms with E-state index < -0.39 is 0 Å². The molecule has 1 aliphatic carbocycles. The number of hydrogen-bond donors (Lipinski definition) is 1. The molecule has 3 heteroatoms. The molecule has 0 bridgehead atoms. The van der Waals surface area contributed by atoms with Crippen LogP contribution in [0.5, 0.6) is 0 Å². The fraction of sp³-hybridized carbons (Fsp3) is 0.588. The second-order valence-corrected chi connectivity index (χ2v) is 5.90. The summed E-state index contributed by atoms with van der Waals surface area (Å²) in [7, 11) is 0. The Labute approximate surface area is 122 Å². The van der Waals surface area contributed by atoms with Crippen LogP contribution in [-0.2, 0) is 4.79 Å². The van der Waals surface area contributed by atoms with Crippen molar-refractivity contribution < 1.29 is 4.79 Å². The van der Waals surface area contributed by atoms with Gasteiger partial charge in [-0.05, 0) is 31.2 Å². The number of nitrogens with zero attached hydrogens (tertiary/aromatic N) is 1. The van der Waals surface area contributed by atoms with Crippen molar-refractivity contribution in [2.75, 3.05) is 13.1 Å². The molecular formula is C17H26N2O. The monoisotopic (exact) mass is 274 g/mol. The number of hydrogen-bond acceptors (Lipinski definition) is 2. The van der Waals surface area contributed by atoms with E-state index in [2.05, 4.69) is 6.92 Å². The van der Waals surface area contributed by atoms with Gasteiger partial charge in [-0.3, -0.25) is 4.79 Å². The van der Waals surface area contributed by atoms with Crippen LogP contribution in [0.1, 0.15) is 44.7 Å². The quantitative estimate of drug-likeness (QED) is 0.867. The van der Waals surface area contributed by atoms with Crippen molar-refractivity contribution in [3.63, 3.8) is 0 Å². The van der Waals surface area contributed by atoms with Crippen LogP contribution in [0.3, 0.4) is 0 Å². The van der Waals surface area contributed by atoms with E-state index in [9.17, 15) is 4.79 Å². The van der Waals surface area contributed by atoms with Crippen molar-refractivity contribution in [1.29, 1.82) is 0 Å². The molecule has 0 saturated heterocycles. The lowest BCUT2D eigenvalue weighted by Gasteiger charge is -2.34. The van der Waals surface area contributed by atoms with E-state index in [0.717, 1.165) is 18.7 Å². The van der Waals surface area contributed by atoms with Crippen LogP contribution in [-0.4, -0.2) is 23.9 Å². The number of rotatable bonds is 6. The fourth-order valence-corrected chi connectivity index (χ4v) is 2.77. The lowest BCUT2D eigenvalue weighted by atomic mass is 9.84. The van der Waals surface area contributed by atoms with Gasteiger partial charge in [0, 0.05) is 19.1 Å². The van der Waals surface area contributed by atoms with Crippen LogP contribution >= 0.6 is 0 Å². The first-order valence-electron chi connectivity index (χ1n) is 7.72. The minimum Gasteiger partial charge on any atom is -0.342 e. The van der Waals surface area contributed by atoms with Crippen molar-refractivity contribution in [2.24, 2.45) is 17.6 Å². The van der Waals surface area contributed by atoms with E-state index in [1.807, 2.05) is 42.2 Å². The predicted molar refractivity (Wildman–Crippen MR) is 82.1 cm³/mol. The highest BCUT2D eigenvalue weighted by Crippen LogP contribution is 2.28. The number of nitrogens with two attached hydrogens (primary N) is 1. The number of carbonyl (C=O) groups excluding carboxylic acids is 1. The van der Waals surface area contributed by atoms with Crippen LogP contribution < -0.4 is 5.73 Å². The lowest BCUT2D eigenvalue weighted by molar-refractivity contribution is -0.136. The van der Waals surface area contributed by atoms with Crippen molar-refractivity contribution in [3.05, 3.63) is 35.9 Å². The average molecular weight is 274 g/mol. The van der Waals surface area contributed by atoms with Gasteiger partial charge in [-0.25, -0.2) is 0 Å². The second kappa shape index (κ2) is 6.89. The van der Waals surface area contributed by atoms with Crippen LogP contribution in [0.25, 0.3) is 0 Å². The van der Waals surface area contributed by atoms with Gasteiger partial charge in [-0.1, -0.05) is 43.7 Å². The van der Waals surface area contributed by atoms with Gasteiger partial charge < -0.3 is 10.6 Å². The van der Waals surface area contributed by atoms with Gasteiger partial charge in [0.1, 0.15) is 0 Å². The molecule has 3 nitrogen and oxygen atoms in total. The number of amides is 1. The Hall–Kier alpha value is -1.35. The normalized spacial score (nSPS) is 18.1. The molecule has 110 valence electrons. The van der Waals surface area contributed by atoms with Crippen LogP contribution in [0.2, 0.25) is 0 Å². The van der Waals surface area contributed by atoms with Crippen LogP contribution in [0.4, 0.5) is 0 Å². The number of benzene rings is 1. The Morgan fingerprint density at radius 3 is 2.50 bits per heavy atom. The molecule has 0 radical (unpaired) electrons. The third-order valence-corrected chi connectivity index (χ3v) is 4.51. The van der Waals surface area contributed by atoms with Crippen LogP contribution in [0, 0.1) is 11.8 Å². The zero-order valence-corrected chi connectivity index (χ0v) is 12.6. The summed E-state index contributed by atoms with van der Waals surface area (Å²) >= 11 is 0. The van der Waals surface area contributed by atoms with Gasteiger partial charge in [0.2, 0.25) is 5.91 Å². The molecule has 2 N–H and O–H groups in total. The summed E-state index contributed by atoms with van der Waals surface area (Å²) in [4.78, 5) is 14.6. The zero-order valence-electron chi connectivity index (χ0n) is 12.6.